The minimum absolute atomic E-state index is 0.215. The van der Waals surface area contributed by atoms with Gasteiger partial charge in [0.15, 0.2) is 0 Å². The summed E-state index contributed by atoms with van der Waals surface area (Å²) in [4.78, 5) is 28.8. The third kappa shape index (κ3) is 3.91. The number of carbonyl (C=O) groups is 2. The van der Waals surface area contributed by atoms with Crippen LogP contribution in [0.4, 0.5) is 5.69 Å². The second-order valence-corrected chi connectivity index (χ2v) is 8.24. The number of rotatable bonds is 7. The van der Waals surface area contributed by atoms with Crippen LogP contribution in [0.15, 0.2) is 60.7 Å². The summed E-state index contributed by atoms with van der Waals surface area (Å²) < 4.78 is 6.74. The van der Waals surface area contributed by atoms with Gasteiger partial charge in [-0.25, -0.2) is 0 Å². The summed E-state index contributed by atoms with van der Waals surface area (Å²) in [5.74, 6) is -0.456. The predicted octanol–water partition coefficient (Wildman–Crippen LogP) is 3.43. The summed E-state index contributed by atoms with van der Waals surface area (Å²) in [5, 5.41) is 7.66. The van der Waals surface area contributed by atoms with E-state index in [1.165, 1.54) is 0 Å². The minimum Gasteiger partial charge on any atom is -0.385 e. The van der Waals surface area contributed by atoms with Crippen LogP contribution in [0, 0.1) is 6.92 Å². The molecule has 2 amide bonds. The smallest absolute Gasteiger partial charge is 0.277 e. The van der Waals surface area contributed by atoms with Gasteiger partial charge in [-0.2, -0.15) is 5.10 Å². The van der Waals surface area contributed by atoms with Crippen LogP contribution in [0.2, 0.25) is 0 Å². The molecule has 0 bridgehead atoms. The van der Waals surface area contributed by atoms with Crippen molar-refractivity contribution in [3.8, 4) is 11.3 Å². The van der Waals surface area contributed by atoms with E-state index in [0.717, 1.165) is 16.8 Å². The summed E-state index contributed by atoms with van der Waals surface area (Å²) in [5.41, 5.74) is 2.62. The number of carbonyl (C=O) groups excluding carboxylic acids is 2. The van der Waals surface area contributed by atoms with Crippen molar-refractivity contribution in [1.29, 1.82) is 0 Å². The number of aromatic nitrogens is 2. The summed E-state index contributed by atoms with van der Waals surface area (Å²) in [7, 11) is 1.63. The summed E-state index contributed by atoms with van der Waals surface area (Å²) >= 11 is 0. The molecule has 0 spiro atoms. The first-order valence-electron chi connectivity index (χ1n) is 10.8. The average molecular weight is 433 g/mol. The van der Waals surface area contributed by atoms with Crippen LogP contribution in [0.5, 0.6) is 0 Å². The molecule has 0 saturated carbocycles. The molecule has 4 rings (SSSR count). The Morgan fingerprint density at radius 2 is 1.88 bits per heavy atom. The monoisotopic (exact) mass is 432 g/mol. The number of nitrogens with zero attached hydrogens (tertiary/aromatic N) is 3. The highest BCUT2D eigenvalue weighted by atomic mass is 16.5. The summed E-state index contributed by atoms with van der Waals surface area (Å²) in [6, 6.07) is 19.2. The average Bonchev–Trinajstić information content (AvgIpc) is 3.22. The molecule has 2 aromatic carbocycles. The van der Waals surface area contributed by atoms with Gasteiger partial charge in [-0.15, -0.1) is 0 Å². The third-order valence-electron chi connectivity index (χ3n) is 5.88. The van der Waals surface area contributed by atoms with Crippen molar-refractivity contribution in [3.63, 3.8) is 0 Å². The number of amides is 2. The number of anilines is 1. The van der Waals surface area contributed by atoms with Gasteiger partial charge < -0.3 is 10.1 Å². The Hall–Kier alpha value is -3.45. The second kappa shape index (κ2) is 8.96. The molecule has 0 fully saturated rings. The molecule has 166 valence electrons. The molecule has 0 saturated heterocycles. The highest BCUT2D eigenvalue weighted by Gasteiger charge is 2.49. The Kier molecular flexibility index (Phi) is 6.10. The molecular formula is C25H28N4O3. The molecule has 7 heteroatoms. The maximum Gasteiger partial charge on any atom is 0.277 e. The highest BCUT2D eigenvalue weighted by Crippen LogP contribution is 2.35. The van der Waals surface area contributed by atoms with Crippen LogP contribution >= 0.6 is 0 Å². The van der Waals surface area contributed by atoms with E-state index in [9.17, 15) is 9.59 Å². The topological polar surface area (TPSA) is 76.5 Å². The van der Waals surface area contributed by atoms with Crippen molar-refractivity contribution in [2.24, 2.45) is 0 Å². The van der Waals surface area contributed by atoms with Gasteiger partial charge in [0, 0.05) is 31.5 Å². The fourth-order valence-electron chi connectivity index (χ4n) is 4.13. The predicted molar refractivity (Wildman–Crippen MR) is 124 cm³/mol. The maximum atomic E-state index is 13.8. The zero-order valence-corrected chi connectivity index (χ0v) is 18.7. The number of hydrogen-bond donors (Lipinski definition) is 1. The first-order valence-corrected chi connectivity index (χ1v) is 10.8. The lowest BCUT2D eigenvalue weighted by atomic mass is 9.93. The lowest BCUT2D eigenvalue weighted by Gasteiger charge is -2.43. The first kappa shape index (κ1) is 21.8. The number of methoxy groups -OCH3 is 1. The van der Waals surface area contributed by atoms with Crippen LogP contribution in [-0.4, -0.2) is 47.4 Å². The van der Waals surface area contributed by atoms with Crippen LogP contribution in [0.25, 0.3) is 11.3 Å². The lowest BCUT2D eigenvalue weighted by molar-refractivity contribution is -0.126. The van der Waals surface area contributed by atoms with Gasteiger partial charge in [-0.1, -0.05) is 48.5 Å². The number of hydrogen-bond acceptors (Lipinski definition) is 4. The zero-order chi connectivity index (χ0) is 22.7. The zero-order valence-electron chi connectivity index (χ0n) is 18.7. The van der Waals surface area contributed by atoms with Crippen molar-refractivity contribution in [3.05, 3.63) is 71.9 Å². The van der Waals surface area contributed by atoms with Crippen molar-refractivity contribution in [2.75, 3.05) is 25.2 Å². The maximum absolute atomic E-state index is 13.8. The molecule has 0 radical (unpaired) electrons. The number of ether oxygens (including phenoxy) is 1. The highest BCUT2D eigenvalue weighted by molar-refractivity contribution is 6.12. The standard InChI is InChI=1S/C25H28N4O3/c1-18-10-7-8-13-21(18)29-23(30)22-16-20(19-11-5-4-6-12-19)27-28(22)17-25(29,2)24(31)26-14-9-15-32-3/h4-8,10-13,16H,9,14-15,17H2,1-3H3,(H,26,31). The Morgan fingerprint density at radius 3 is 2.59 bits per heavy atom. The van der Waals surface area contributed by atoms with Crippen molar-refractivity contribution in [1.82, 2.24) is 15.1 Å². The summed E-state index contributed by atoms with van der Waals surface area (Å²) in [6.07, 6.45) is 0.696. The van der Waals surface area contributed by atoms with Gasteiger partial charge in [0.1, 0.15) is 11.2 Å². The van der Waals surface area contributed by atoms with Gasteiger partial charge in [-0.05, 0) is 38.0 Å². The van der Waals surface area contributed by atoms with E-state index in [0.29, 0.717) is 31.0 Å². The van der Waals surface area contributed by atoms with Gasteiger partial charge in [0.25, 0.3) is 5.91 Å². The molecule has 1 aromatic heterocycles. The van der Waals surface area contributed by atoms with Crippen molar-refractivity contribution >= 4 is 17.5 Å². The van der Waals surface area contributed by atoms with Crippen LogP contribution < -0.4 is 10.2 Å². The van der Waals surface area contributed by atoms with Crippen LogP contribution in [0.1, 0.15) is 29.4 Å². The third-order valence-corrected chi connectivity index (χ3v) is 5.88. The van der Waals surface area contributed by atoms with Crippen molar-refractivity contribution < 1.29 is 14.3 Å². The van der Waals surface area contributed by atoms with Gasteiger partial charge in [-0.3, -0.25) is 19.2 Å². The van der Waals surface area contributed by atoms with Crippen LogP contribution in [0.3, 0.4) is 0 Å². The Balaban J connectivity index is 1.76. The first-order chi connectivity index (χ1) is 15.5. The van der Waals surface area contributed by atoms with E-state index in [2.05, 4.69) is 10.4 Å². The fourth-order valence-corrected chi connectivity index (χ4v) is 4.13. The number of para-hydroxylation sites is 1. The molecule has 1 aliphatic heterocycles. The van der Waals surface area contributed by atoms with Crippen LogP contribution in [-0.2, 0) is 16.1 Å². The normalized spacial score (nSPS) is 17.8. The molecule has 1 aliphatic rings. The molecule has 1 atom stereocenters. The van der Waals surface area contributed by atoms with E-state index in [1.54, 1.807) is 29.7 Å². The second-order valence-electron chi connectivity index (χ2n) is 8.24. The number of benzene rings is 2. The quantitative estimate of drug-likeness (QED) is 0.581. The minimum atomic E-state index is -1.14. The van der Waals surface area contributed by atoms with E-state index >= 15 is 0 Å². The molecule has 3 aromatic rings. The number of nitrogens with one attached hydrogen (secondary N) is 1. The molecule has 2 heterocycles. The van der Waals surface area contributed by atoms with Gasteiger partial charge >= 0.3 is 0 Å². The Morgan fingerprint density at radius 1 is 1.16 bits per heavy atom. The Labute approximate surface area is 188 Å². The Bertz CT molecular complexity index is 1130. The van der Waals surface area contributed by atoms with E-state index < -0.39 is 5.54 Å². The molecule has 7 nitrogen and oxygen atoms in total. The fraction of sp³-hybridized carbons (Fsp3) is 0.320. The molecule has 0 aliphatic carbocycles. The SMILES string of the molecule is COCCCNC(=O)C1(C)Cn2nc(-c3ccccc3)cc2C(=O)N1c1ccccc1C. The lowest BCUT2D eigenvalue weighted by Crippen LogP contribution is -2.64. The molecule has 1 N–H and O–H groups in total. The van der Waals surface area contributed by atoms with Gasteiger partial charge in [0.2, 0.25) is 5.91 Å². The van der Waals surface area contributed by atoms with Gasteiger partial charge in [0.05, 0.1) is 12.2 Å². The number of aryl methyl sites for hydroxylation is 1. The largest absolute Gasteiger partial charge is 0.385 e. The van der Waals surface area contributed by atoms with E-state index in [4.69, 9.17) is 4.74 Å². The van der Waals surface area contributed by atoms with Crippen molar-refractivity contribution in [2.45, 2.75) is 32.4 Å². The van der Waals surface area contributed by atoms with E-state index in [1.807, 2.05) is 61.5 Å². The van der Waals surface area contributed by atoms with E-state index in [-0.39, 0.29) is 18.4 Å². The molecular weight excluding hydrogens is 404 g/mol. The summed E-state index contributed by atoms with van der Waals surface area (Å²) in [6.45, 7) is 5.03. The molecule has 1 unspecified atom stereocenters. The number of fused-ring (bicyclic) bond motifs is 1. The molecule has 32 heavy (non-hydrogen) atoms.